The number of hydrogen-bond acceptors (Lipinski definition) is 5. The van der Waals surface area contributed by atoms with E-state index in [4.69, 9.17) is 9.47 Å². The van der Waals surface area contributed by atoms with E-state index in [1.165, 1.54) is 0 Å². The number of rotatable bonds is 8. The highest BCUT2D eigenvalue weighted by atomic mass is 16.5. The van der Waals surface area contributed by atoms with E-state index in [-0.39, 0.29) is 12.5 Å². The Morgan fingerprint density at radius 2 is 1.91 bits per heavy atom. The van der Waals surface area contributed by atoms with Crippen molar-refractivity contribution in [1.29, 1.82) is 0 Å². The molecule has 0 bridgehead atoms. The van der Waals surface area contributed by atoms with E-state index in [1.807, 2.05) is 19.2 Å². The van der Waals surface area contributed by atoms with E-state index < -0.39 is 0 Å². The number of aromatic nitrogens is 1. The van der Waals surface area contributed by atoms with Crippen molar-refractivity contribution in [3.8, 4) is 17.4 Å². The van der Waals surface area contributed by atoms with Crippen LogP contribution < -0.4 is 14.8 Å². The second kappa shape index (κ2) is 8.75. The molecule has 6 heteroatoms. The van der Waals surface area contributed by atoms with Crippen molar-refractivity contribution < 1.29 is 14.3 Å². The number of ether oxygens (including phenoxy) is 2. The van der Waals surface area contributed by atoms with Crippen LogP contribution in [-0.4, -0.2) is 49.6 Å². The van der Waals surface area contributed by atoms with Gasteiger partial charge in [-0.3, -0.25) is 4.79 Å². The van der Waals surface area contributed by atoms with E-state index in [1.54, 1.807) is 48.5 Å². The van der Waals surface area contributed by atoms with Crippen LogP contribution in [-0.2, 0) is 4.79 Å². The number of likely N-dealkylation sites (N-methyl/N-ethyl adjacent to an activating group) is 2. The number of pyridine rings is 1. The number of nitrogens with one attached hydrogen (secondary N) is 1. The van der Waals surface area contributed by atoms with Crippen molar-refractivity contribution in [3.63, 3.8) is 0 Å². The van der Waals surface area contributed by atoms with Crippen LogP contribution in [0.15, 0.2) is 48.7 Å². The molecule has 0 saturated heterocycles. The summed E-state index contributed by atoms with van der Waals surface area (Å²) in [6, 6.07) is 12.5. The Hall–Kier alpha value is -2.60. The molecule has 2 rings (SSSR count). The number of carbonyl (C=O) groups is 1. The van der Waals surface area contributed by atoms with Gasteiger partial charge >= 0.3 is 0 Å². The molecule has 1 heterocycles. The molecule has 122 valence electrons. The normalized spacial score (nSPS) is 10.2. The summed E-state index contributed by atoms with van der Waals surface area (Å²) in [4.78, 5) is 17.6. The van der Waals surface area contributed by atoms with Crippen molar-refractivity contribution in [2.24, 2.45) is 0 Å². The smallest absolute Gasteiger partial charge is 0.260 e. The van der Waals surface area contributed by atoms with Gasteiger partial charge < -0.3 is 19.7 Å². The van der Waals surface area contributed by atoms with Gasteiger partial charge in [0.1, 0.15) is 11.5 Å². The third-order valence-electron chi connectivity index (χ3n) is 3.17. The number of benzene rings is 1. The first-order chi connectivity index (χ1) is 11.2. The molecule has 2 aromatic rings. The van der Waals surface area contributed by atoms with Crippen LogP contribution in [0.5, 0.6) is 17.4 Å². The largest absolute Gasteiger partial charge is 0.484 e. The van der Waals surface area contributed by atoms with Crippen LogP contribution in [0.4, 0.5) is 0 Å². The molecule has 0 saturated carbocycles. The zero-order valence-electron chi connectivity index (χ0n) is 13.4. The molecule has 0 aliphatic carbocycles. The Morgan fingerprint density at radius 1 is 1.17 bits per heavy atom. The first-order valence-electron chi connectivity index (χ1n) is 7.39. The summed E-state index contributed by atoms with van der Waals surface area (Å²) in [5.41, 5.74) is 0. The fourth-order valence-electron chi connectivity index (χ4n) is 1.79. The lowest BCUT2D eigenvalue weighted by Crippen LogP contribution is -2.35. The van der Waals surface area contributed by atoms with Crippen molar-refractivity contribution in [1.82, 2.24) is 15.2 Å². The lowest BCUT2D eigenvalue weighted by molar-refractivity contribution is -0.131. The summed E-state index contributed by atoms with van der Waals surface area (Å²) in [6.45, 7) is 1.41. The lowest BCUT2D eigenvalue weighted by Gasteiger charge is -2.17. The molecule has 0 atom stereocenters. The first kappa shape index (κ1) is 16.8. The fraction of sp³-hybridized carbons (Fsp3) is 0.294. The Bertz CT molecular complexity index is 602. The molecule has 0 unspecified atom stereocenters. The monoisotopic (exact) mass is 315 g/mol. The highest BCUT2D eigenvalue weighted by molar-refractivity contribution is 5.77. The average Bonchev–Trinajstić information content (AvgIpc) is 2.59. The molecule has 0 fully saturated rings. The topological polar surface area (TPSA) is 63.7 Å². The second-order valence-corrected chi connectivity index (χ2v) is 4.95. The molecule has 23 heavy (non-hydrogen) atoms. The third-order valence-corrected chi connectivity index (χ3v) is 3.17. The van der Waals surface area contributed by atoms with E-state index in [9.17, 15) is 4.79 Å². The maximum absolute atomic E-state index is 11.9. The van der Waals surface area contributed by atoms with Crippen LogP contribution in [0.2, 0.25) is 0 Å². The maximum atomic E-state index is 11.9. The van der Waals surface area contributed by atoms with Gasteiger partial charge in [0.25, 0.3) is 5.91 Å². The molecule has 0 spiro atoms. The highest BCUT2D eigenvalue weighted by Gasteiger charge is 2.09. The van der Waals surface area contributed by atoms with Gasteiger partial charge in [0.2, 0.25) is 5.88 Å². The lowest BCUT2D eigenvalue weighted by atomic mass is 10.3. The highest BCUT2D eigenvalue weighted by Crippen LogP contribution is 2.22. The Labute approximate surface area is 136 Å². The minimum Gasteiger partial charge on any atom is -0.484 e. The summed E-state index contributed by atoms with van der Waals surface area (Å²) in [5, 5.41) is 3.00. The van der Waals surface area contributed by atoms with Gasteiger partial charge in [-0.15, -0.1) is 0 Å². The maximum Gasteiger partial charge on any atom is 0.260 e. The van der Waals surface area contributed by atoms with E-state index in [0.29, 0.717) is 23.9 Å². The number of hydrogen-bond donors (Lipinski definition) is 1. The van der Waals surface area contributed by atoms with Gasteiger partial charge in [0.15, 0.2) is 6.61 Å². The fourth-order valence-corrected chi connectivity index (χ4v) is 1.79. The van der Waals surface area contributed by atoms with E-state index in [0.717, 1.165) is 6.54 Å². The molecule has 0 radical (unpaired) electrons. The standard InChI is InChI=1S/C17H21N3O3/c1-18-11-12-20(2)17(21)13-22-14-6-8-15(9-7-14)23-16-5-3-4-10-19-16/h3-10,18H,11-13H2,1-2H3. The Kier molecular flexibility index (Phi) is 6.38. The van der Waals surface area contributed by atoms with Crippen LogP contribution >= 0.6 is 0 Å². The molecule has 1 aromatic carbocycles. The predicted molar refractivity (Wildman–Crippen MR) is 87.8 cm³/mol. The molecule has 1 N–H and O–H groups in total. The molecule has 0 aliphatic rings. The van der Waals surface area contributed by atoms with E-state index >= 15 is 0 Å². The molecule has 1 amide bonds. The SMILES string of the molecule is CNCCN(C)C(=O)COc1ccc(Oc2ccccn2)cc1. The summed E-state index contributed by atoms with van der Waals surface area (Å²) >= 11 is 0. The summed E-state index contributed by atoms with van der Waals surface area (Å²) in [6.07, 6.45) is 1.67. The molecule has 0 aliphatic heterocycles. The van der Waals surface area contributed by atoms with Crippen LogP contribution in [0.25, 0.3) is 0 Å². The molecular formula is C17H21N3O3. The quantitative estimate of drug-likeness (QED) is 0.806. The number of amides is 1. The number of carbonyl (C=O) groups excluding carboxylic acids is 1. The number of nitrogens with zero attached hydrogens (tertiary/aromatic N) is 2. The minimum absolute atomic E-state index is 0.0145. The molecule has 1 aromatic heterocycles. The van der Waals surface area contributed by atoms with Gasteiger partial charge in [-0.1, -0.05) is 6.07 Å². The van der Waals surface area contributed by atoms with Crippen molar-refractivity contribution >= 4 is 5.91 Å². The second-order valence-electron chi connectivity index (χ2n) is 4.95. The Balaban J connectivity index is 1.82. The van der Waals surface area contributed by atoms with Crippen LogP contribution in [0.3, 0.4) is 0 Å². The van der Waals surface area contributed by atoms with Gasteiger partial charge in [-0.25, -0.2) is 4.98 Å². The van der Waals surface area contributed by atoms with Crippen LogP contribution in [0, 0.1) is 0 Å². The summed E-state index contributed by atoms with van der Waals surface area (Å²) in [5.74, 6) is 1.75. The zero-order chi connectivity index (χ0) is 16.5. The van der Waals surface area contributed by atoms with Gasteiger partial charge in [0, 0.05) is 32.4 Å². The zero-order valence-corrected chi connectivity index (χ0v) is 13.4. The molecular weight excluding hydrogens is 294 g/mol. The van der Waals surface area contributed by atoms with Crippen molar-refractivity contribution in [3.05, 3.63) is 48.7 Å². The van der Waals surface area contributed by atoms with Crippen molar-refractivity contribution in [2.45, 2.75) is 0 Å². The first-order valence-corrected chi connectivity index (χ1v) is 7.39. The summed E-state index contributed by atoms with van der Waals surface area (Å²) < 4.78 is 11.1. The predicted octanol–water partition coefficient (Wildman–Crippen LogP) is 1.93. The van der Waals surface area contributed by atoms with E-state index in [2.05, 4.69) is 10.3 Å². The Morgan fingerprint density at radius 3 is 2.57 bits per heavy atom. The van der Waals surface area contributed by atoms with Crippen molar-refractivity contribution in [2.75, 3.05) is 33.8 Å². The minimum atomic E-state index is -0.0611. The van der Waals surface area contributed by atoms with Gasteiger partial charge in [0.05, 0.1) is 0 Å². The van der Waals surface area contributed by atoms with Gasteiger partial charge in [-0.2, -0.15) is 0 Å². The third kappa shape index (κ3) is 5.60. The van der Waals surface area contributed by atoms with Crippen LogP contribution in [0.1, 0.15) is 0 Å². The average molecular weight is 315 g/mol. The molecule has 6 nitrogen and oxygen atoms in total. The van der Waals surface area contributed by atoms with Gasteiger partial charge in [-0.05, 0) is 37.4 Å². The summed E-state index contributed by atoms with van der Waals surface area (Å²) in [7, 11) is 3.61.